The van der Waals surface area contributed by atoms with Gasteiger partial charge in [0.05, 0.1) is 13.2 Å². The minimum Gasteiger partial charge on any atom is -0.508 e. The molecule has 1 atom stereocenters. The highest BCUT2D eigenvalue weighted by molar-refractivity contribution is 7.86. The lowest BCUT2D eigenvalue weighted by Gasteiger charge is -2.39. The predicted octanol–water partition coefficient (Wildman–Crippen LogP) is 1.76. The lowest BCUT2D eigenvalue weighted by molar-refractivity contribution is 0.0680. The molecule has 0 radical (unpaired) electrons. The van der Waals surface area contributed by atoms with Crippen LogP contribution in [0.25, 0.3) is 0 Å². The van der Waals surface area contributed by atoms with E-state index in [-0.39, 0.29) is 11.8 Å². The highest BCUT2D eigenvalue weighted by Crippen LogP contribution is 2.26. The minimum atomic E-state index is -3.40. The second-order valence-electron chi connectivity index (χ2n) is 6.48. The number of morpholine rings is 1. The quantitative estimate of drug-likeness (QED) is 0.875. The van der Waals surface area contributed by atoms with Gasteiger partial charge in [-0.1, -0.05) is 18.6 Å². The molecule has 0 unspecified atom stereocenters. The number of aromatic hydroxyl groups is 1. The zero-order valence-corrected chi connectivity index (χ0v) is 14.7. The van der Waals surface area contributed by atoms with Crippen molar-refractivity contribution < 1.29 is 18.3 Å². The molecule has 2 aliphatic heterocycles. The number of phenols is 1. The van der Waals surface area contributed by atoms with Crippen LogP contribution < -0.4 is 0 Å². The van der Waals surface area contributed by atoms with Gasteiger partial charge in [-0.3, -0.25) is 0 Å². The Morgan fingerprint density at radius 1 is 1.08 bits per heavy atom. The largest absolute Gasteiger partial charge is 0.508 e. The van der Waals surface area contributed by atoms with Crippen LogP contribution >= 0.6 is 0 Å². The summed E-state index contributed by atoms with van der Waals surface area (Å²) < 4.78 is 34.5. The molecule has 134 valence electrons. The van der Waals surface area contributed by atoms with Gasteiger partial charge in [0.1, 0.15) is 5.75 Å². The zero-order chi connectivity index (χ0) is 17.0. The van der Waals surface area contributed by atoms with E-state index in [0.29, 0.717) is 32.8 Å². The van der Waals surface area contributed by atoms with E-state index < -0.39 is 10.2 Å². The number of rotatable bonds is 5. The molecule has 1 N–H and O–H groups in total. The Morgan fingerprint density at radius 2 is 1.79 bits per heavy atom. The third-order valence-corrected chi connectivity index (χ3v) is 6.96. The molecular weight excluding hydrogens is 328 g/mol. The van der Waals surface area contributed by atoms with Gasteiger partial charge in [-0.25, -0.2) is 0 Å². The summed E-state index contributed by atoms with van der Waals surface area (Å²) in [6.45, 7) is 2.46. The average molecular weight is 354 g/mol. The van der Waals surface area contributed by atoms with E-state index in [1.807, 2.05) is 12.1 Å². The van der Waals surface area contributed by atoms with Crippen LogP contribution in [-0.4, -0.2) is 61.0 Å². The smallest absolute Gasteiger partial charge is 0.282 e. The standard InChI is InChI=1S/C17H26N2O4S/c20-17-8-5-15(6-9-17)4-7-16-3-1-2-10-19(16)24(21,22)18-11-13-23-14-12-18/h5-6,8-9,16,20H,1-4,7,10-14H2/t16-/m1/s1. The first kappa shape index (κ1) is 17.7. The highest BCUT2D eigenvalue weighted by atomic mass is 32.2. The van der Waals surface area contributed by atoms with Crippen molar-refractivity contribution in [3.63, 3.8) is 0 Å². The van der Waals surface area contributed by atoms with Crippen LogP contribution in [0.15, 0.2) is 24.3 Å². The van der Waals surface area contributed by atoms with Crippen LogP contribution in [0, 0.1) is 0 Å². The van der Waals surface area contributed by atoms with Gasteiger partial charge in [-0.15, -0.1) is 0 Å². The molecule has 7 heteroatoms. The maximum Gasteiger partial charge on any atom is 0.282 e. The van der Waals surface area contributed by atoms with Gasteiger partial charge in [0.15, 0.2) is 0 Å². The van der Waals surface area contributed by atoms with Crippen LogP contribution in [0.4, 0.5) is 0 Å². The molecule has 0 spiro atoms. The first-order valence-corrected chi connectivity index (χ1v) is 10.1. The van der Waals surface area contributed by atoms with E-state index in [1.165, 1.54) is 0 Å². The first-order valence-electron chi connectivity index (χ1n) is 8.70. The maximum absolute atomic E-state index is 13.0. The Hall–Kier alpha value is -1.15. The summed E-state index contributed by atoms with van der Waals surface area (Å²) in [6, 6.07) is 7.22. The number of ether oxygens (including phenoxy) is 1. The van der Waals surface area contributed by atoms with E-state index in [1.54, 1.807) is 20.7 Å². The fraction of sp³-hybridized carbons (Fsp3) is 0.647. The van der Waals surface area contributed by atoms with Crippen molar-refractivity contribution >= 4 is 10.2 Å². The average Bonchev–Trinajstić information content (AvgIpc) is 2.62. The molecule has 1 aromatic rings. The first-order chi connectivity index (χ1) is 11.6. The van der Waals surface area contributed by atoms with Crippen molar-refractivity contribution in [2.45, 2.75) is 38.1 Å². The maximum atomic E-state index is 13.0. The predicted molar refractivity (Wildman–Crippen MR) is 92.1 cm³/mol. The monoisotopic (exact) mass is 354 g/mol. The highest BCUT2D eigenvalue weighted by Gasteiger charge is 2.36. The molecule has 6 nitrogen and oxygen atoms in total. The third-order valence-electron chi connectivity index (χ3n) is 4.87. The number of piperidine rings is 1. The molecule has 0 bridgehead atoms. The van der Waals surface area contributed by atoms with Crippen molar-refractivity contribution in [1.82, 2.24) is 8.61 Å². The molecule has 2 aliphatic rings. The lowest BCUT2D eigenvalue weighted by atomic mass is 9.98. The summed E-state index contributed by atoms with van der Waals surface area (Å²) in [5.74, 6) is 0.257. The van der Waals surface area contributed by atoms with Gasteiger partial charge in [0.25, 0.3) is 10.2 Å². The molecule has 3 rings (SSSR count). The molecule has 1 aromatic carbocycles. The van der Waals surface area contributed by atoms with Gasteiger partial charge in [-0.2, -0.15) is 17.0 Å². The van der Waals surface area contributed by atoms with Gasteiger partial charge in [0.2, 0.25) is 0 Å². The van der Waals surface area contributed by atoms with Crippen LogP contribution in [0.1, 0.15) is 31.2 Å². The van der Waals surface area contributed by atoms with E-state index >= 15 is 0 Å². The Bertz CT molecular complexity index is 626. The fourth-order valence-electron chi connectivity index (χ4n) is 3.49. The summed E-state index contributed by atoms with van der Waals surface area (Å²) in [5, 5.41) is 9.36. The lowest BCUT2D eigenvalue weighted by Crippen LogP contribution is -2.53. The number of phenolic OH excluding ortho intramolecular Hbond substituents is 1. The second-order valence-corrected chi connectivity index (χ2v) is 8.37. The number of hydrogen-bond donors (Lipinski definition) is 1. The van der Waals surface area contributed by atoms with Crippen molar-refractivity contribution in [2.24, 2.45) is 0 Å². The van der Waals surface area contributed by atoms with Gasteiger partial charge < -0.3 is 9.84 Å². The Morgan fingerprint density at radius 3 is 2.50 bits per heavy atom. The summed E-state index contributed by atoms with van der Waals surface area (Å²) in [7, 11) is -3.40. The van der Waals surface area contributed by atoms with Crippen molar-refractivity contribution in [3.8, 4) is 5.75 Å². The Labute approximate surface area is 144 Å². The van der Waals surface area contributed by atoms with Crippen LogP contribution in [0.3, 0.4) is 0 Å². The Balaban J connectivity index is 1.67. The molecule has 0 aromatic heterocycles. The number of aryl methyl sites for hydroxylation is 1. The molecule has 0 aliphatic carbocycles. The van der Waals surface area contributed by atoms with Gasteiger partial charge in [-0.05, 0) is 43.4 Å². The van der Waals surface area contributed by atoms with Crippen LogP contribution in [-0.2, 0) is 21.4 Å². The van der Waals surface area contributed by atoms with Crippen LogP contribution in [0.2, 0.25) is 0 Å². The van der Waals surface area contributed by atoms with E-state index in [0.717, 1.165) is 37.7 Å². The number of hydrogen-bond acceptors (Lipinski definition) is 4. The minimum absolute atomic E-state index is 0.0559. The molecule has 2 heterocycles. The summed E-state index contributed by atoms with van der Waals surface area (Å²) in [4.78, 5) is 0. The Kier molecular flexibility index (Phi) is 5.76. The molecule has 24 heavy (non-hydrogen) atoms. The summed E-state index contributed by atoms with van der Waals surface area (Å²) >= 11 is 0. The SMILES string of the molecule is O=S(=O)(N1CCOCC1)N1CCCC[C@@H]1CCc1ccc(O)cc1. The van der Waals surface area contributed by atoms with E-state index in [4.69, 9.17) is 4.74 Å². The second kappa shape index (κ2) is 7.82. The molecule has 2 fully saturated rings. The number of benzene rings is 1. The third kappa shape index (κ3) is 4.08. The van der Waals surface area contributed by atoms with Gasteiger partial charge in [0, 0.05) is 25.7 Å². The zero-order valence-electron chi connectivity index (χ0n) is 13.9. The van der Waals surface area contributed by atoms with E-state index in [9.17, 15) is 13.5 Å². The fourth-order valence-corrected chi connectivity index (χ4v) is 5.34. The van der Waals surface area contributed by atoms with Crippen LogP contribution in [0.5, 0.6) is 5.75 Å². The molecular formula is C17H26N2O4S. The van der Waals surface area contributed by atoms with Crippen molar-refractivity contribution in [1.29, 1.82) is 0 Å². The normalized spacial score (nSPS) is 24.1. The topological polar surface area (TPSA) is 70.1 Å². The molecule has 2 saturated heterocycles. The molecule has 0 amide bonds. The van der Waals surface area contributed by atoms with E-state index in [2.05, 4.69) is 0 Å². The van der Waals surface area contributed by atoms with Crippen molar-refractivity contribution in [2.75, 3.05) is 32.8 Å². The summed E-state index contributed by atoms with van der Waals surface area (Å²) in [6.07, 6.45) is 4.56. The van der Waals surface area contributed by atoms with Crippen molar-refractivity contribution in [3.05, 3.63) is 29.8 Å². The molecule has 0 saturated carbocycles. The number of nitrogens with zero attached hydrogens (tertiary/aromatic N) is 2. The van der Waals surface area contributed by atoms with Gasteiger partial charge >= 0.3 is 0 Å². The summed E-state index contributed by atoms with van der Waals surface area (Å²) in [5.41, 5.74) is 1.13.